The van der Waals surface area contributed by atoms with Gasteiger partial charge in [0.1, 0.15) is 5.75 Å². The number of hydrogen-bond acceptors (Lipinski definition) is 2. The summed E-state index contributed by atoms with van der Waals surface area (Å²) in [6.07, 6.45) is 2.22. The zero-order valence-corrected chi connectivity index (χ0v) is 11.8. The predicted molar refractivity (Wildman–Crippen MR) is 71.9 cm³/mol. The van der Waals surface area contributed by atoms with Gasteiger partial charge in [-0.05, 0) is 67.2 Å². The summed E-state index contributed by atoms with van der Waals surface area (Å²) in [4.78, 5) is 0. The van der Waals surface area contributed by atoms with E-state index in [-0.39, 0.29) is 12.1 Å². The van der Waals surface area contributed by atoms with Crippen LogP contribution in [0.5, 0.6) is 5.75 Å². The fourth-order valence-electron chi connectivity index (χ4n) is 1.44. The van der Waals surface area contributed by atoms with E-state index in [9.17, 15) is 0 Å². The van der Waals surface area contributed by atoms with E-state index < -0.39 is 0 Å². The van der Waals surface area contributed by atoms with E-state index >= 15 is 0 Å². The highest BCUT2D eigenvalue weighted by Crippen LogP contribution is 2.27. The third kappa shape index (κ3) is 4.54. The van der Waals surface area contributed by atoms with Crippen LogP contribution in [0.25, 0.3) is 0 Å². The molecule has 90 valence electrons. The molecule has 0 saturated carbocycles. The van der Waals surface area contributed by atoms with E-state index in [1.54, 1.807) is 0 Å². The molecule has 0 aliphatic rings. The number of aryl methyl sites for hydroxylation is 1. The Morgan fingerprint density at radius 2 is 2.00 bits per heavy atom. The maximum Gasteiger partial charge on any atom is 0.133 e. The van der Waals surface area contributed by atoms with Crippen LogP contribution in [0.3, 0.4) is 0 Å². The van der Waals surface area contributed by atoms with Gasteiger partial charge in [-0.1, -0.05) is 6.07 Å². The molecule has 0 aliphatic heterocycles. The van der Waals surface area contributed by atoms with Gasteiger partial charge in [-0.3, -0.25) is 0 Å². The van der Waals surface area contributed by atoms with Crippen LogP contribution in [0.15, 0.2) is 22.7 Å². The summed E-state index contributed by atoms with van der Waals surface area (Å²) in [6.45, 7) is 6.08. The van der Waals surface area contributed by atoms with Crippen molar-refractivity contribution in [3.05, 3.63) is 28.2 Å². The van der Waals surface area contributed by atoms with Crippen molar-refractivity contribution in [2.75, 3.05) is 0 Å². The summed E-state index contributed by atoms with van der Waals surface area (Å²) >= 11 is 3.53. The molecule has 0 aromatic heterocycles. The summed E-state index contributed by atoms with van der Waals surface area (Å²) in [7, 11) is 0. The zero-order valence-electron chi connectivity index (χ0n) is 10.2. The Balaban J connectivity index is 2.67. The van der Waals surface area contributed by atoms with Crippen molar-refractivity contribution in [2.24, 2.45) is 5.73 Å². The molecule has 1 unspecified atom stereocenters. The first-order chi connectivity index (χ1) is 7.49. The predicted octanol–water partition coefficient (Wildman–Crippen LogP) is 3.52. The Bertz CT molecular complexity index is 337. The normalized spacial score (nSPS) is 12.9. The molecule has 1 atom stereocenters. The SMILES string of the molecule is CC(N)CCc1ccc(OC(C)C)c(Br)c1. The summed E-state index contributed by atoms with van der Waals surface area (Å²) < 4.78 is 6.67. The third-order valence-electron chi connectivity index (χ3n) is 2.25. The largest absolute Gasteiger partial charge is 0.490 e. The van der Waals surface area contributed by atoms with Gasteiger partial charge in [-0.25, -0.2) is 0 Å². The van der Waals surface area contributed by atoms with Gasteiger partial charge in [-0.15, -0.1) is 0 Å². The van der Waals surface area contributed by atoms with Crippen LogP contribution < -0.4 is 10.5 Å². The molecule has 0 fully saturated rings. The molecule has 0 bridgehead atoms. The molecule has 0 heterocycles. The Labute approximate surface area is 106 Å². The second-order valence-corrected chi connectivity index (χ2v) is 5.30. The molecule has 1 rings (SSSR count). The summed E-state index contributed by atoms with van der Waals surface area (Å²) in [5.41, 5.74) is 7.03. The van der Waals surface area contributed by atoms with Crippen LogP contribution in [0.2, 0.25) is 0 Å². The zero-order chi connectivity index (χ0) is 12.1. The number of rotatable bonds is 5. The standard InChI is InChI=1S/C13H20BrNO/c1-9(2)16-13-7-6-11(8-12(13)14)5-4-10(3)15/h6-10H,4-5,15H2,1-3H3. The van der Waals surface area contributed by atoms with Crippen LogP contribution in [-0.2, 0) is 6.42 Å². The lowest BCUT2D eigenvalue weighted by atomic mass is 10.1. The second kappa shape index (κ2) is 6.26. The van der Waals surface area contributed by atoms with Crippen LogP contribution in [0, 0.1) is 0 Å². The quantitative estimate of drug-likeness (QED) is 0.899. The first-order valence-electron chi connectivity index (χ1n) is 5.69. The average molecular weight is 286 g/mol. The number of ether oxygens (including phenoxy) is 1. The van der Waals surface area contributed by atoms with Crippen LogP contribution in [0.1, 0.15) is 32.8 Å². The number of hydrogen-bond donors (Lipinski definition) is 1. The monoisotopic (exact) mass is 285 g/mol. The van der Waals surface area contributed by atoms with Gasteiger partial charge in [0, 0.05) is 6.04 Å². The molecule has 0 saturated heterocycles. The van der Waals surface area contributed by atoms with Crippen LogP contribution in [-0.4, -0.2) is 12.1 Å². The Hall–Kier alpha value is -0.540. The van der Waals surface area contributed by atoms with Gasteiger partial charge >= 0.3 is 0 Å². The van der Waals surface area contributed by atoms with Gasteiger partial charge in [0.2, 0.25) is 0 Å². The fraction of sp³-hybridized carbons (Fsp3) is 0.538. The molecule has 0 radical (unpaired) electrons. The van der Waals surface area contributed by atoms with Crippen molar-refractivity contribution in [1.82, 2.24) is 0 Å². The Kier molecular flexibility index (Phi) is 5.29. The molecule has 3 heteroatoms. The highest BCUT2D eigenvalue weighted by molar-refractivity contribution is 9.10. The summed E-state index contributed by atoms with van der Waals surface area (Å²) in [5.74, 6) is 0.902. The van der Waals surface area contributed by atoms with E-state index in [0.29, 0.717) is 0 Å². The second-order valence-electron chi connectivity index (χ2n) is 4.45. The van der Waals surface area contributed by atoms with E-state index in [1.165, 1.54) is 5.56 Å². The fourth-order valence-corrected chi connectivity index (χ4v) is 1.96. The highest BCUT2D eigenvalue weighted by Gasteiger charge is 2.05. The maximum atomic E-state index is 5.74. The Morgan fingerprint density at radius 3 is 2.50 bits per heavy atom. The lowest BCUT2D eigenvalue weighted by molar-refractivity contribution is 0.241. The molecular formula is C13H20BrNO. The highest BCUT2D eigenvalue weighted by atomic mass is 79.9. The minimum atomic E-state index is 0.200. The van der Waals surface area contributed by atoms with Crippen molar-refractivity contribution in [3.8, 4) is 5.75 Å². The van der Waals surface area contributed by atoms with Crippen LogP contribution in [0.4, 0.5) is 0 Å². The van der Waals surface area contributed by atoms with Crippen LogP contribution >= 0.6 is 15.9 Å². The van der Waals surface area contributed by atoms with Crippen molar-refractivity contribution in [2.45, 2.75) is 45.8 Å². The maximum absolute atomic E-state index is 5.74. The molecular weight excluding hydrogens is 266 g/mol. The smallest absolute Gasteiger partial charge is 0.133 e. The van der Waals surface area contributed by atoms with Gasteiger partial charge in [0.25, 0.3) is 0 Å². The van der Waals surface area contributed by atoms with Crippen molar-refractivity contribution in [3.63, 3.8) is 0 Å². The first kappa shape index (κ1) is 13.5. The van der Waals surface area contributed by atoms with Gasteiger partial charge in [-0.2, -0.15) is 0 Å². The van der Waals surface area contributed by atoms with E-state index in [2.05, 4.69) is 28.1 Å². The lowest BCUT2D eigenvalue weighted by Crippen LogP contribution is -2.15. The molecule has 1 aromatic carbocycles. The molecule has 2 nitrogen and oxygen atoms in total. The first-order valence-corrected chi connectivity index (χ1v) is 6.49. The molecule has 0 amide bonds. The minimum absolute atomic E-state index is 0.200. The van der Waals surface area contributed by atoms with Gasteiger partial charge < -0.3 is 10.5 Å². The lowest BCUT2D eigenvalue weighted by Gasteiger charge is -2.12. The molecule has 16 heavy (non-hydrogen) atoms. The van der Waals surface area contributed by atoms with Gasteiger partial charge in [0.15, 0.2) is 0 Å². The third-order valence-corrected chi connectivity index (χ3v) is 2.87. The topological polar surface area (TPSA) is 35.2 Å². The molecule has 1 aromatic rings. The van der Waals surface area contributed by atoms with Crippen molar-refractivity contribution >= 4 is 15.9 Å². The van der Waals surface area contributed by atoms with E-state index in [1.807, 2.05) is 26.8 Å². The number of nitrogens with two attached hydrogens (primary N) is 1. The number of halogens is 1. The summed E-state index contributed by atoms with van der Waals surface area (Å²) in [5, 5.41) is 0. The minimum Gasteiger partial charge on any atom is -0.490 e. The molecule has 0 aliphatic carbocycles. The van der Waals surface area contributed by atoms with Crippen molar-refractivity contribution < 1.29 is 4.74 Å². The Morgan fingerprint density at radius 1 is 1.31 bits per heavy atom. The van der Waals surface area contributed by atoms with Crippen molar-refractivity contribution in [1.29, 1.82) is 0 Å². The van der Waals surface area contributed by atoms with Gasteiger partial charge in [0.05, 0.1) is 10.6 Å². The van der Waals surface area contributed by atoms with E-state index in [4.69, 9.17) is 10.5 Å². The average Bonchev–Trinajstić information content (AvgIpc) is 2.18. The summed E-state index contributed by atoms with van der Waals surface area (Å²) in [6, 6.07) is 6.48. The molecule has 0 spiro atoms. The van der Waals surface area contributed by atoms with E-state index in [0.717, 1.165) is 23.1 Å². The molecule has 2 N–H and O–H groups in total. The number of benzene rings is 1.